The first-order valence-corrected chi connectivity index (χ1v) is 7.61. The number of thioether (sulfide) groups is 1. The molecule has 1 aliphatic rings. The van der Waals surface area contributed by atoms with Gasteiger partial charge in [0.15, 0.2) is 0 Å². The molecule has 110 valence electrons. The molecule has 1 fully saturated rings. The van der Waals surface area contributed by atoms with Crippen molar-refractivity contribution in [1.29, 1.82) is 0 Å². The van der Waals surface area contributed by atoms with Gasteiger partial charge in [-0.05, 0) is 42.9 Å². The summed E-state index contributed by atoms with van der Waals surface area (Å²) in [5, 5.41) is 9.41. The molecule has 1 aliphatic carbocycles. The van der Waals surface area contributed by atoms with Gasteiger partial charge in [-0.2, -0.15) is 0 Å². The first-order valence-electron chi connectivity index (χ1n) is 6.63. The molecule has 0 radical (unpaired) electrons. The molecule has 3 nitrogen and oxygen atoms in total. The second kappa shape index (κ2) is 6.14. The fourth-order valence-electron chi connectivity index (χ4n) is 2.05. The summed E-state index contributed by atoms with van der Waals surface area (Å²) in [7, 11) is 1.39. The maximum atomic E-state index is 13.9. The maximum absolute atomic E-state index is 13.9. The number of halogens is 1. The van der Waals surface area contributed by atoms with Gasteiger partial charge >= 0.3 is 5.97 Å². The topological polar surface area (TPSA) is 46.5 Å². The molecule has 1 unspecified atom stereocenters. The SMILES string of the molecule is COC(=O)CC1(CSc2ccc(C(C)O)cc2F)CC1. The van der Waals surface area contributed by atoms with Gasteiger partial charge in [0, 0.05) is 10.6 Å². The number of carbonyl (C=O) groups is 1. The van der Waals surface area contributed by atoms with Crippen LogP contribution in [0.25, 0.3) is 0 Å². The van der Waals surface area contributed by atoms with Gasteiger partial charge in [0.2, 0.25) is 0 Å². The van der Waals surface area contributed by atoms with Gasteiger partial charge in [0.25, 0.3) is 0 Å². The zero-order chi connectivity index (χ0) is 14.8. The number of esters is 1. The number of carbonyl (C=O) groups excluding carboxylic acids is 1. The Morgan fingerprint density at radius 1 is 1.55 bits per heavy atom. The Hall–Kier alpha value is -1.07. The van der Waals surface area contributed by atoms with E-state index in [9.17, 15) is 14.3 Å². The second-order valence-corrected chi connectivity index (χ2v) is 6.42. The van der Waals surface area contributed by atoms with Crippen LogP contribution in [-0.4, -0.2) is 23.9 Å². The molecule has 0 aromatic heterocycles. The van der Waals surface area contributed by atoms with E-state index in [4.69, 9.17) is 4.74 Å². The molecule has 20 heavy (non-hydrogen) atoms. The maximum Gasteiger partial charge on any atom is 0.306 e. The number of benzene rings is 1. The highest BCUT2D eigenvalue weighted by molar-refractivity contribution is 7.99. The molecule has 0 spiro atoms. The van der Waals surface area contributed by atoms with Crippen LogP contribution in [0.5, 0.6) is 0 Å². The van der Waals surface area contributed by atoms with E-state index in [1.165, 1.54) is 24.9 Å². The number of hydrogen-bond donors (Lipinski definition) is 1. The minimum absolute atomic E-state index is 0.0207. The number of hydrogen-bond acceptors (Lipinski definition) is 4. The average molecular weight is 298 g/mol. The first-order chi connectivity index (χ1) is 9.46. The van der Waals surface area contributed by atoms with Crippen molar-refractivity contribution < 1.29 is 19.0 Å². The summed E-state index contributed by atoms with van der Waals surface area (Å²) < 4.78 is 18.6. The van der Waals surface area contributed by atoms with E-state index >= 15 is 0 Å². The third kappa shape index (κ3) is 3.73. The van der Waals surface area contributed by atoms with Gasteiger partial charge in [0.05, 0.1) is 19.6 Å². The number of rotatable bonds is 6. The molecule has 0 heterocycles. The molecule has 5 heteroatoms. The summed E-state index contributed by atoms with van der Waals surface area (Å²) >= 11 is 1.42. The third-order valence-corrected chi connectivity index (χ3v) is 5.08. The van der Waals surface area contributed by atoms with Crippen LogP contribution in [0, 0.1) is 11.2 Å². The summed E-state index contributed by atoms with van der Waals surface area (Å²) in [6, 6.07) is 4.79. The molecule has 0 amide bonds. The summed E-state index contributed by atoms with van der Waals surface area (Å²) in [5.74, 6) is 0.197. The van der Waals surface area contributed by atoms with Crippen molar-refractivity contribution in [3.05, 3.63) is 29.6 Å². The zero-order valence-electron chi connectivity index (χ0n) is 11.7. The number of methoxy groups -OCH3 is 1. The molecule has 1 atom stereocenters. The second-order valence-electron chi connectivity index (χ2n) is 5.41. The van der Waals surface area contributed by atoms with E-state index in [-0.39, 0.29) is 17.2 Å². The van der Waals surface area contributed by atoms with Crippen LogP contribution in [0.3, 0.4) is 0 Å². The van der Waals surface area contributed by atoms with Crippen molar-refractivity contribution in [1.82, 2.24) is 0 Å². The lowest BCUT2D eigenvalue weighted by molar-refractivity contribution is -0.141. The number of aliphatic hydroxyl groups is 1. The van der Waals surface area contributed by atoms with Crippen LogP contribution >= 0.6 is 11.8 Å². The standard InChI is InChI=1S/C15H19FO3S/c1-10(17)11-3-4-13(12(16)7-11)20-9-15(5-6-15)8-14(18)19-2/h3-4,7,10,17H,5-6,8-9H2,1-2H3. The fourth-order valence-corrected chi connectivity index (χ4v) is 3.27. The highest BCUT2D eigenvalue weighted by atomic mass is 32.2. The average Bonchev–Trinajstić information content (AvgIpc) is 3.17. The first kappa shape index (κ1) is 15.3. The Balaban J connectivity index is 1.96. The minimum atomic E-state index is -0.669. The van der Waals surface area contributed by atoms with Gasteiger partial charge in [-0.3, -0.25) is 4.79 Å². The highest BCUT2D eigenvalue weighted by Crippen LogP contribution is 2.52. The van der Waals surface area contributed by atoms with Crippen LogP contribution in [-0.2, 0) is 9.53 Å². The lowest BCUT2D eigenvalue weighted by atomic mass is 10.1. The Morgan fingerprint density at radius 3 is 2.75 bits per heavy atom. The van der Waals surface area contributed by atoms with Crippen molar-refractivity contribution >= 4 is 17.7 Å². The molecule has 1 aromatic rings. The smallest absolute Gasteiger partial charge is 0.306 e. The van der Waals surface area contributed by atoms with Gasteiger partial charge in [-0.1, -0.05) is 6.07 Å². The molecule has 1 aromatic carbocycles. The Bertz CT molecular complexity index is 498. The molecule has 0 aliphatic heterocycles. The van der Waals surface area contributed by atoms with E-state index in [0.717, 1.165) is 12.8 Å². The fraction of sp³-hybridized carbons (Fsp3) is 0.533. The summed E-state index contributed by atoms with van der Waals surface area (Å²) in [5.41, 5.74) is 0.551. The molecule has 0 bridgehead atoms. The number of ether oxygens (including phenoxy) is 1. The summed E-state index contributed by atoms with van der Waals surface area (Å²) in [6.07, 6.45) is 1.71. The summed E-state index contributed by atoms with van der Waals surface area (Å²) in [4.78, 5) is 11.9. The summed E-state index contributed by atoms with van der Waals surface area (Å²) in [6.45, 7) is 1.61. The molecule has 1 saturated carbocycles. The van der Waals surface area contributed by atoms with E-state index in [1.54, 1.807) is 19.1 Å². The van der Waals surface area contributed by atoms with Gasteiger partial charge in [0.1, 0.15) is 5.82 Å². The van der Waals surface area contributed by atoms with Crippen molar-refractivity contribution in [3.8, 4) is 0 Å². The van der Waals surface area contributed by atoms with E-state index in [0.29, 0.717) is 22.6 Å². The predicted octanol–water partition coefficient (Wildman–Crippen LogP) is 3.31. The Morgan fingerprint density at radius 2 is 2.25 bits per heavy atom. The largest absolute Gasteiger partial charge is 0.469 e. The molecular formula is C15H19FO3S. The molecule has 0 saturated heterocycles. The zero-order valence-corrected chi connectivity index (χ0v) is 12.5. The Kier molecular flexibility index (Phi) is 4.70. The van der Waals surface area contributed by atoms with Crippen molar-refractivity contribution in [2.75, 3.05) is 12.9 Å². The lowest BCUT2D eigenvalue weighted by Crippen LogP contribution is -2.13. The van der Waals surface area contributed by atoms with Crippen LogP contribution < -0.4 is 0 Å². The van der Waals surface area contributed by atoms with Crippen LogP contribution in [0.1, 0.15) is 37.9 Å². The number of aliphatic hydroxyl groups excluding tert-OH is 1. The minimum Gasteiger partial charge on any atom is -0.469 e. The molecular weight excluding hydrogens is 279 g/mol. The lowest BCUT2D eigenvalue weighted by Gasteiger charge is -2.14. The van der Waals surface area contributed by atoms with E-state index in [1.807, 2.05) is 0 Å². The third-order valence-electron chi connectivity index (χ3n) is 3.68. The Labute approximate surface area is 122 Å². The van der Waals surface area contributed by atoms with Gasteiger partial charge in [-0.25, -0.2) is 4.39 Å². The molecule has 1 N–H and O–H groups in total. The predicted molar refractivity (Wildman–Crippen MR) is 76.1 cm³/mol. The van der Waals surface area contributed by atoms with Gasteiger partial charge < -0.3 is 9.84 Å². The van der Waals surface area contributed by atoms with Crippen molar-refractivity contribution in [2.45, 2.75) is 37.2 Å². The van der Waals surface area contributed by atoms with Crippen LogP contribution in [0.2, 0.25) is 0 Å². The quantitative estimate of drug-likeness (QED) is 0.646. The van der Waals surface area contributed by atoms with Crippen LogP contribution in [0.4, 0.5) is 4.39 Å². The molecule has 2 rings (SSSR count). The van der Waals surface area contributed by atoms with Gasteiger partial charge in [-0.15, -0.1) is 11.8 Å². The van der Waals surface area contributed by atoms with E-state index < -0.39 is 6.10 Å². The van der Waals surface area contributed by atoms with E-state index in [2.05, 4.69) is 0 Å². The van der Waals surface area contributed by atoms with Crippen molar-refractivity contribution in [3.63, 3.8) is 0 Å². The van der Waals surface area contributed by atoms with Crippen LogP contribution in [0.15, 0.2) is 23.1 Å². The monoisotopic (exact) mass is 298 g/mol. The highest BCUT2D eigenvalue weighted by Gasteiger charge is 2.44. The normalized spacial score (nSPS) is 17.6. The van der Waals surface area contributed by atoms with Crippen molar-refractivity contribution in [2.24, 2.45) is 5.41 Å².